The van der Waals surface area contributed by atoms with E-state index in [0.29, 0.717) is 12.3 Å². The quantitative estimate of drug-likeness (QED) is 0.848. The number of amides is 1. The highest BCUT2D eigenvalue weighted by atomic mass is 16.2. The number of hydrogen-bond donors (Lipinski definition) is 0. The van der Waals surface area contributed by atoms with Gasteiger partial charge in [0.05, 0.1) is 11.0 Å². The number of likely N-dealkylation sites (tertiary alicyclic amines) is 1. The summed E-state index contributed by atoms with van der Waals surface area (Å²) in [4.78, 5) is 18.9. The molecule has 2 aromatic rings. The zero-order valence-corrected chi connectivity index (χ0v) is 13.7. The lowest BCUT2D eigenvalue weighted by Gasteiger charge is -2.16. The minimum atomic E-state index is 0.229. The van der Waals surface area contributed by atoms with Crippen LogP contribution in [0.3, 0.4) is 0 Å². The van der Waals surface area contributed by atoms with Crippen molar-refractivity contribution >= 4 is 16.9 Å². The summed E-state index contributed by atoms with van der Waals surface area (Å²) in [6, 6.07) is 8.31. The van der Waals surface area contributed by atoms with Crippen molar-refractivity contribution in [2.24, 2.45) is 5.92 Å². The van der Waals surface area contributed by atoms with Crippen LogP contribution in [0.25, 0.3) is 11.0 Å². The van der Waals surface area contributed by atoms with Gasteiger partial charge in [0.25, 0.3) is 0 Å². The molecule has 1 aliphatic heterocycles. The molecule has 0 spiro atoms. The van der Waals surface area contributed by atoms with Crippen LogP contribution >= 0.6 is 0 Å². The SMILES string of the molecule is CCN1CC(c2nc3ccccc3n2CCC(C)C)CC1=O. The minimum Gasteiger partial charge on any atom is -0.342 e. The average molecular weight is 299 g/mol. The molecule has 1 amide bonds. The van der Waals surface area contributed by atoms with Crippen molar-refractivity contribution in [2.45, 2.75) is 46.1 Å². The number of carbonyl (C=O) groups excluding carboxylic acids is 1. The summed E-state index contributed by atoms with van der Waals surface area (Å²) in [5.74, 6) is 2.24. The van der Waals surface area contributed by atoms with Crippen LogP contribution in [0.2, 0.25) is 0 Å². The highest BCUT2D eigenvalue weighted by molar-refractivity contribution is 5.80. The second-order valence-electron chi connectivity index (χ2n) is 6.63. The topological polar surface area (TPSA) is 38.1 Å². The van der Waals surface area contributed by atoms with E-state index in [1.807, 2.05) is 17.9 Å². The van der Waals surface area contributed by atoms with Crippen LogP contribution < -0.4 is 0 Å². The first kappa shape index (κ1) is 15.1. The lowest BCUT2D eigenvalue weighted by Crippen LogP contribution is -2.24. The first-order valence-electron chi connectivity index (χ1n) is 8.33. The molecule has 0 N–H and O–H groups in total. The molecule has 1 aliphatic rings. The second-order valence-corrected chi connectivity index (χ2v) is 6.63. The lowest BCUT2D eigenvalue weighted by atomic mass is 10.1. The number of benzene rings is 1. The molecule has 3 rings (SSSR count). The third kappa shape index (κ3) is 2.74. The van der Waals surface area contributed by atoms with Gasteiger partial charge in [-0.3, -0.25) is 4.79 Å². The molecule has 0 aliphatic carbocycles. The molecule has 1 saturated heterocycles. The predicted molar refractivity (Wildman–Crippen MR) is 88.8 cm³/mol. The first-order chi connectivity index (χ1) is 10.6. The number of aromatic nitrogens is 2. The summed E-state index contributed by atoms with van der Waals surface area (Å²) >= 11 is 0. The average Bonchev–Trinajstić information content (AvgIpc) is 3.05. The first-order valence-corrected chi connectivity index (χ1v) is 8.33. The van der Waals surface area contributed by atoms with Crippen molar-refractivity contribution in [3.05, 3.63) is 30.1 Å². The monoisotopic (exact) mass is 299 g/mol. The summed E-state index contributed by atoms with van der Waals surface area (Å²) < 4.78 is 2.34. The Morgan fingerprint density at radius 3 is 2.77 bits per heavy atom. The van der Waals surface area contributed by atoms with Crippen LogP contribution in [-0.4, -0.2) is 33.4 Å². The number of hydrogen-bond acceptors (Lipinski definition) is 2. The number of rotatable bonds is 5. The van der Waals surface area contributed by atoms with Crippen molar-refractivity contribution < 1.29 is 4.79 Å². The number of para-hydroxylation sites is 2. The van der Waals surface area contributed by atoms with Gasteiger partial charge in [-0.15, -0.1) is 0 Å². The zero-order chi connectivity index (χ0) is 15.7. The number of carbonyl (C=O) groups is 1. The van der Waals surface area contributed by atoms with Gasteiger partial charge in [-0.05, 0) is 31.4 Å². The Hall–Kier alpha value is -1.84. The third-order valence-electron chi connectivity index (χ3n) is 4.58. The fourth-order valence-corrected chi connectivity index (χ4v) is 3.28. The molecule has 0 bridgehead atoms. The molecule has 0 saturated carbocycles. The number of aryl methyl sites for hydroxylation is 1. The molecule has 1 unspecified atom stereocenters. The van der Waals surface area contributed by atoms with Crippen LogP contribution in [0.1, 0.15) is 45.4 Å². The third-order valence-corrected chi connectivity index (χ3v) is 4.58. The zero-order valence-electron chi connectivity index (χ0n) is 13.7. The molecular weight excluding hydrogens is 274 g/mol. The molecule has 4 nitrogen and oxygen atoms in total. The van der Waals surface area contributed by atoms with E-state index in [-0.39, 0.29) is 11.8 Å². The predicted octanol–water partition coefficient (Wildman–Crippen LogP) is 3.42. The van der Waals surface area contributed by atoms with E-state index in [4.69, 9.17) is 4.98 Å². The summed E-state index contributed by atoms with van der Waals surface area (Å²) in [6.45, 7) is 9.11. The molecule has 4 heteroatoms. The normalized spacial score (nSPS) is 18.8. The van der Waals surface area contributed by atoms with Crippen molar-refractivity contribution in [1.29, 1.82) is 0 Å². The molecule has 118 valence electrons. The van der Waals surface area contributed by atoms with Gasteiger partial charge in [0, 0.05) is 32.0 Å². The van der Waals surface area contributed by atoms with Crippen LogP contribution in [0.15, 0.2) is 24.3 Å². The molecule has 1 atom stereocenters. The van der Waals surface area contributed by atoms with Gasteiger partial charge >= 0.3 is 0 Å². The number of imidazole rings is 1. The Morgan fingerprint density at radius 2 is 2.09 bits per heavy atom. The van der Waals surface area contributed by atoms with E-state index in [9.17, 15) is 4.79 Å². The van der Waals surface area contributed by atoms with E-state index in [1.54, 1.807) is 0 Å². The van der Waals surface area contributed by atoms with E-state index in [0.717, 1.165) is 37.4 Å². The molecule has 0 radical (unpaired) electrons. The van der Waals surface area contributed by atoms with Gasteiger partial charge in [0.2, 0.25) is 5.91 Å². The van der Waals surface area contributed by atoms with E-state index < -0.39 is 0 Å². The van der Waals surface area contributed by atoms with Crippen LogP contribution in [0, 0.1) is 5.92 Å². The van der Waals surface area contributed by atoms with Gasteiger partial charge in [-0.1, -0.05) is 26.0 Å². The highest BCUT2D eigenvalue weighted by Gasteiger charge is 2.32. The van der Waals surface area contributed by atoms with Gasteiger partial charge < -0.3 is 9.47 Å². The molecule has 1 aromatic heterocycles. The van der Waals surface area contributed by atoms with Crippen molar-refractivity contribution in [2.75, 3.05) is 13.1 Å². The maximum atomic E-state index is 12.1. The highest BCUT2D eigenvalue weighted by Crippen LogP contribution is 2.30. The van der Waals surface area contributed by atoms with Crippen molar-refractivity contribution in [3.63, 3.8) is 0 Å². The standard InChI is InChI=1S/C18H25N3O/c1-4-20-12-14(11-17(20)22)18-19-15-7-5-6-8-16(15)21(18)10-9-13(2)3/h5-8,13-14H,4,9-12H2,1-3H3. The Morgan fingerprint density at radius 1 is 1.32 bits per heavy atom. The molecule has 1 aromatic carbocycles. The molecular formula is C18H25N3O. The lowest BCUT2D eigenvalue weighted by molar-refractivity contribution is -0.127. The molecule has 1 fully saturated rings. The van der Waals surface area contributed by atoms with Crippen LogP contribution in [0.4, 0.5) is 0 Å². The Balaban J connectivity index is 1.97. The fourth-order valence-electron chi connectivity index (χ4n) is 3.28. The summed E-state index contributed by atoms with van der Waals surface area (Å²) in [5.41, 5.74) is 2.24. The summed E-state index contributed by atoms with van der Waals surface area (Å²) in [6.07, 6.45) is 1.73. The van der Waals surface area contributed by atoms with Gasteiger partial charge in [0.15, 0.2) is 0 Å². The van der Waals surface area contributed by atoms with Crippen LogP contribution in [-0.2, 0) is 11.3 Å². The maximum absolute atomic E-state index is 12.1. The van der Waals surface area contributed by atoms with E-state index in [2.05, 4.69) is 36.6 Å². The summed E-state index contributed by atoms with van der Waals surface area (Å²) in [5, 5.41) is 0. The Bertz CT molecular complexity index is 674. The fraction of sp³-hybridized carbons (Fsp3) is 0.556. The van der Waals surface area contributed by atoms with Crippen LogP contribution in [0.5, 0.6) is 0 Å². The largest absolute Gasteiger partial charge is 0.342 e. The maximum Gasteiger partial charge on any atom is 0.223 e. The number of likely N-dealkylation sites (N-methyl/N-ethyl adjacent to an activating group) is 1. The van der Waals surface area contributed by atoms with Gasteiger partial charge in [0.1, 0.15) is 5.82 Å². The van der Waals surface area contributed by atoms with E-state index >= 15 is 0 Å². The minimum absolute atomic E-state index is 0.229. The van der Waals surface area contributed by atoms with Gasteiger partial charge in [-0.2, -0.15) is 0 Å². The molecule has 22 heavy (non-hydrogen) atoms. The van der Waals surface area contributed by atoms with Gasteiger partial charge in [-0.25, -0.2) is 4.98 Å². The Kier molecular flexibility index (Phi) is 4.19. The number of fused-ring (bicyclic) bond motifs is 1. The Labute approximate surface area is 132 Å². The molecule has 2 heterocycles. The second kappa shape index (κ2) is 6.11. The van der Waals surface area contributed by atoms with Crippen molar-refractivity contribution in [3.8, 4) is 0 Å². The summed E-state index contributed by atoms with van der Waals surface area (Å²) in [7, 11) is 0. The van der Waals surface area contributed by atoms with Crippen molar-refractivity contribution in [1.82, 2.24) is 14.5 Å². The number of nitrogens with zero attached hydrogens (tertiary/aromatic N) is 3. The van der Waals surface area contributed by atoms with E-state index in [1.165, 1.54) is 5.52 Å². The smallest absolute Gasteiger partial charge is 0.223 e.